The van der Waals surface area contributed by atoms with Crippen LogP contribution in [-0.4, -0.2) is 90.8 Å². The van der Waals surface area contributed by atoms with E-state index in [1.807, 2.05) is 47.2 Å². The molecule has 2 N–H and O–H groups in total. The van der Waals surface area contributed by atoms with E-state index < -0.39 is 12.1 Å². The van der Waals surface area contributed by atoms with Gasteiger partial charge in [0.15, 0.2) is 0 Å². The van der Waals surface area contributed by atoms with Gasteiger partial charge in [-0.3, -0.25) is 14.5 Å². The molecule has 2 aliphatic heterocycles. The van der Waals surface area contributed by atoms with E-state index in [0.29, 0.717) is 26.2 Å². The molecule has 2 amide bonds. The van der Waals surface area contributed by atoms with Crippen molar-refractivity contribution in [3.05, 3.63) is 35.2 Å². The molecule has 2 aliphatic rings. The van der Waals surface area contributed by atoms with Crippen molar-refractivity contribution in [1.82, 2.24) is 15.1 Å². The summed E-state index contributed by atoms with van der Waals surface area (Å²) in [4.78, 5) is 38.1. The van der Waals surface area contributed by atoms with Gasteiger partial charge in [0.2, 0.25) is 5.91 Å². The molecule has 1 aromatic heterocycles. The molecular formula is C20H22F3N3O5S. The number of aliphatic carboxylic acids is 1. The second kappa shape index (κ2) is 9.04. The number of carbonyl (C=O) groups excluding carboxylic acids is 2. The Balaban J connectivity index is 0.000000360. The first kappa shape index (κ1) is 24.0. The van der Waals surface area contributed by atoms with Crippen LogP contribution in [0.4, 0.5) is 13.2 Å². The molecule has 1 aromatic carbocycles. The quantitative estimate of drug-likeness (QED) is 0.690. The van der Waals surface area contributed by atoms with Crippen molar-refractivity contribution < 1.29 is 37.4 Å². The lowest BCUT2D eigenvalue weighted by Crippen LogP contribution is -2.73. The number of carboxylic acids is 1. The number of likely N-dealkylation sites (N-methyl/N-ethyl adjacent to an activating group) is 2. The lowest BCUT2D eigenvalue weighted by atomic mass is 9.90. The number of hydrogen-bond donors (Lipinski definition) is 2. The Morgan fingerprint density at radius 3 is 2.38 bits per heavy atom. The highest BCUT2D eigenvalue weighted by Gasteiger charge is 2.51. The number of ether oxygens (including phenoxy) is 1. The van der Waals surface area contributed by atoms with Crippen LogP contribution in [0.1, 0.15) is 9.67 Å². The number of nitrogens with zero attached hydrogens (tertiary/aromatic N) is 2. The molecule has 8 nitrogen and oxygen atoms in total. The van der Waals surface area contributed by atoms with Gasteiger partial charge in [0.25, 0.3) is 5.91 Å². The van der Waals surface area contributed by atoms with Crippen LogP contribution >= 0.6 is 11.3 Å². The molecule has 0 bridgehead atoms. The smallest absolute Gasteiger partial charge is 0.475 e. The van der Waals surface area contributed by atoms with Crippen LogP contribution in [0, 0.1) is 0 Å². The van der Waals surface area contributed by atoms with Gasteiger partial charge in [0.05, 0.1) is 24.6 Å². The molecule has 174 valence electrons. The minimum atomic E-state index is -5.08. The number of rotatable bonds is 2. The first-order valence-electron chi connectivity index (χ1n) is 9.59. The standard InChI is InChI=1S/C18H21N3O3S.C2HF3O2/c1-19-16(22)13-8-24-18(9-20(13)2)10-21(11-18)17(23)15-7-12-5-3-4-6-14(12)25-15;3-2(4,5)1(6)7/h3-7,13H,8-11H2,1-2H3,(H,19,22);(H,6,7). The molecule has 12 heteroatoms. The number of hydrogen-bond acceptors (Lipinski definition) is 6. The number of carbonyl (C=O) groups is 3. The van der Waals surface area contributed by atoms with Gasteiger partial charge in [0, 0.05) is 18.3 Å². The van der Waals surface area contributed by atoms with Gasteiger partial charge in [-0.1, -0.05) is 18.2 Å². The summed E-state index contributed by atoms with van der Waals surface area (Å²) in [7, 11) is 3.57. The maximum Gasteiger partial charge on any atom is 0.490 e. The molecule has 2 fully saturated rings. The summed E-state index contributed by atoms with van der Waals surface area (Å²) in [6.45, 7) is 2.16. The monoisotopic (exact) mass is 473 g/mol. The van der Waals surface area contributed by atoms with E-state index in [-0.39, 0.29) is 23.5 Å². The SMILES string of the molecule is CNC(=O)C1COC2(CN(C(=O)c3cc4ccccc4s3)C2)CN1C.O=C(O)C(F)(F)F. The average Bonchev–Trinajstić information content (AvgIpc) is 3.15. The van der Waals surface area contributed by atoms with E-state index in [0.717, 1.165) is 15.0 Å². The Kier molecular flexibility index (Phi) is 6.77. The predicted octanol–water partition coefficient (Wildman–Crippen LogP) is 1.81. The first-order valence-corrected chi connectivity index (χ1v) is 10.4. The fraction of sp³-hybridized carbons (Fsp3) is 0.450. The molecule has 1 atom stereocenters. The summed E-state index contributed by atoms with van der Waals surface area (Å²) in [5, 5.41) is 10.9. The summed E-state index contributed by atoms with van der Waals surface area (Å²) in [5.41, 5.74) is -0.342. The van der Waals surface area contributed by atoms with Crippen LogP contribution < -0.4 is 5.32 Å². The van der Waals surface area contributed by atoms with E-state index in [2.05, 4.69) is 5.32 Å². The number of alkyl halides is 3. The zero-order valence-corrected chi connectivity index (χ0v) is 18.1. The number of carboxylic acid groups (broad SMARTS) is 1. The van der Waals surface area contributed by atoms with Gasteiger partial charge in [-0.05, 0) is 24.6 Å². The molecule has 1 spiro atoms. The predicted molar refractivity (Wildman–Crippen MR) is 111 cm³/mol. The maximum atomic E-state index is 12.7. The second-order valence-electron chi connectivity index (χ2n) is 7.65. The summed E-state index contributed by atoms with van der Waals surface area (Å²) < 4.78 is 38.9. The van der Waals surface area contributed by atoms with E-state index in [4.69, 9.17) is 14.6 Å². The van der Waals surface area contributed by atoms with Crippen LogP contribution in [0.15, 0.2) is 30.3 Å². The third-order valence-electron chi connectivity index (χ3n) is 5.29. The molecule has 3 heterocycles. The number of halogens is 3. The van der Waals surface area contributed by atoms with E-state index in [1.165, 1.54) is 11.3 Å². The van der Waals surface area contributed by atoms with Gasteiger partial charge in [0.1, 0.15) is 11.6 Å². The van der Waals surface area contributed by atoms with Crippen molar-refractivity contribution in [2.75, 3.05) is 40.3 Å². The molecule has 0 saturated carbocycles. The highest BCUT2D eigenvalue weighted by atomic mass is 32.1. The minimum absolute atomic E-state index is 0.0325. The molecule has 2 saturated heterocycles. The highest BCUT2D eigenvalue weighted by Crippen LogP contribution is 2.34. The van der Waals surface area contributed by atoms with E-state index >= 15 is 0 Å². The van der Waals surface area contributed by atoms with Gasteiger partial charge >= 0.3 is 12.1 Å². The number of benzene rings is 1. The largest absolute Gasteiger partial charge is 0.490 e. The summed E-state index contributed by atoms with van der Waals surface area (Å²) in [5.74, 6) is -2.73. The van der Waals surface area contributed by atoms with Crippen LogP contribution in [-0.2, 0) is 14.3 Å². The Morgan fingerprint density at radius 1 is 1.22 bits per heavy atom. The van der Waals surface area contributed by atoms with Crippen molar-refractivity contribution in [2.45, 2.75) is 17.8 Å². The molecule has 32 heavy (non-hydrogen) atoms. The molecule has 4 rings (SSSR count). The summed E-state index contributed by atoms with van der Waals surface area (Å²) >= 11 is 1.53. The lowest BCUT2D eigenvalue weighted by molar-refractivity contribution is -0.192. The van der Waals surface area contributed by atoms with Crippen LogP contribution in [0.2, 0.25) is 0 Å². The maximum absolute atomic E-state index is 12.7. The molecule has 0 aliphatic carbocycles. The van der Waals surface area contributed by atoms with Gasteiger partial charge in [-0.15, -0.1) is 11.3 Å². The van der Waals surface area contributed by atoms with Gasteiger partial charge < -0.3 is 20.1 Å². The van der Waals surface area contributed by atoms with Crippen LogP contribution in [0.3, 0.4) is 0 Å². The van der Waals surface area contributed by atoms with Crippen molar-refractivity contribution in [2.24, 2.45) is 0 Å². The molecule has 1 unspecified atom stereocenters. The molecule has 2 aromatic rings. The number of thiophene rings is 1. The average molecular weight is 473 g/mol. The van der Waals surface area contributed by atoms with Crippen molar-refractivity contribution in [1.29, 1.82) is 0 Å². The van der Waals surface area contributed by atoms with Crippen LogP contribution in [0.25, 0.3) is 10.1 Å². The molecular weight excluding hydrogens is 451 g/mol. The third-order valence-corrected chi connectivity index (χ3v) is 6.39. The zero-order valence-electron chi connectivity index (χ0n) is 17.3. The Bertz CT molecular complexity index is 986. The van der Waals surface area contributed by atoms with Gasteiger partial charge in [-0.25, -0.2) is 4.79 Å². The highest BCUT2D eigenvalue weighted by molar-refractivity contribution is 7.20. The Morgan fingerprint density at radius 2 is 1.84 bits per heavy atom. The normalized spacial score (nSPS) is 20.3. The van der Waals surface area contributed by atoms with Crippen molar-refractivity contribution >= 4 is 39.2 Å². The van der Waals surface area contributed by atoms with Gasteiger partial charge in [-0.2, -0.15) is 13.2 Å². The lowest BCUT2D eigenvalue weighted by Gasteiger charge is -2.54. The summed E-state index contributed by atoms with van der Waals surface area (Å²) in [6.07, 6.45) is -5.08. The fourth-order valence-electron chi connectivity index (χ4n) is 3.66. The number of nitrogens with one attached hydrogen (secondary N) is 1. The Hall–Kier alpha value is -2.70. The fourth-order valence-corrected chi connectivity index (χ4v) is 4.69. The second-order valence-corrected chi connectivity index (χ2v) is 8.74. The van der Waals surface area contributed by atoms with E-state index in [9.17, 15) is 22.8 Å². The third kappa shape index (κ3) is 5.03. The minimum Gasteiger partial charge on any atom is -0.475 e. The summed E-state index contributed by atoms with van der Waals surface area (Å²) in [6, 6.07) is 9.73. The van der Waals surface area contributed by atoms with Crippen molar-refractivity contribution in [3.8, 4) is 0 Å². The number of likely N-dealkylation sites (tertiary alicyclic amines) is 1. The molecule has 0 radical (unpaired) electrons. The van der Waals surface area contributed by atoms with Crippen LogP contribution in [0.5, 0.6) is 0 Å². The van der Waals surface area contributed by atoms with Crippen molar-refractivity contribution in [3.63, 3.8) is 0 Å². The Labute approximate surface area is 185 Å². The number of amides is 2. The van der Waals surface area contributed by atoms with E-state index in [1.54, 1.807) is 7.05 Å². The number of morpholine rings is 1. The zero-order chi connectivity index (χ0) is 23.7. The number of fused-ring (bicyclic) bond motifs is 1. The first-order chi connectivity index (χ1) is 15.0. The topological polar surface area (TPSA) is 99.2 Å².